The summed E-state index contributed by atoms with van der Waals surface area (Å²) in [4.78, 5) is 0. The van der Waals surface area contributed by atoms with Gasteiger partial charge in [-0.1, -0.05) is 18.2 Å². The topological polar surface area (TPSA) is 37.2 Å². The Morgan fingerprint density at radius 1 is 1.23 bits per heavy atom. The van der Waals surface area contributed by atoms with Crippen molar-refractivity contribution in [1.29, 1.82) is 0 Å². The fourth-order valence-corrected chi connectivity index (χ4v) is 1.26. The van der Waals surface area contributed by atoms with Crippen LogP contribution in [0.5, 0.6) is 5.95 Å². The highest BCUT2D eigenvalue weighted by atomic mass is 16.5. The molecule has 0 aliphatic carbocycles. The molecule has 0 radical (unpaired) electrons. The van der Waals surface area contributed by atoms with Crippen LogP contribution in [0.25, 0.3) is 11.5 Å². The van der Waals surface area contributed by atoms with Gasteiger partial charge in [-0.2, -0.15) is 4.57 Å². The number of hydrogen-bond donors (Lipinski definition) is 1. The molecule has 2 aromatic rings. The van der Waals surface area contributed by atoms with E-state index in [0.717, 1.165) is 5.56 Å². The molecular formula is C10H10NO2+. The number of nitrogens with zero attached hydrogens (tertiary/aromatic N) is 1. The van der Waals surface area contributed by atoms with Gasteiger partial charge in [0.2, 0.25) is 0 Å². The minimum Gasteiger partial charge on any atom is -0.476 e. The van der Waals surface area contributed by atoms with Crippen molar-refractivity contribution in [2.24, 2.45) is 7.05 Å². The quantitative estimate of drug-likeness (QED) is 0.668. The molecule has 1 N–H and O–H groups in total. The summed E-state index contributed by atoms with van der Waals surface area (Å²) in [6.45, 7) is 0. The molecule has 3 heteroatoms. The van der Waals surface area contributed by atoms with Crippen LogP contribution in [0.2, 0.25) is 0 Å². The second-order valence-corrected chi connectivity index (χ2v) is 2.85. The second kappa shape index (κ2) is 2.94. The van der Waals surface area contributed by atoms with E-state index in [2.05, 4.69) is 0 Å². The number of aromatic nitrogens is 1. The van der Waals surface area contributed by atoms with E-state index in [1.54, 1.807) is 4.57 Å². The van der Waals surface area contributed by atoms with Gasteiger partial charge >= 0.3 is 11.8 Å². The fraction of sp³-hybridized carbons (Fsp3) is 0.100. The number of benzene rings is 1. The van der Waals surface area contributed by atoms with Crippen molar-refractivity contribution < 1.29 is 14.1 Å². The lowest BCUT2D eigenvalue weighted by Gasteiger charge is -1.90. The predicted molar refractivity (Wildman–Crippen MR) is 47.0 cm³/mol. The maximum Gasteiger partial charge on any atom is 0.383 e. The molecule has 0 bridgehead atoms. The van der Waals surface area contributed by atoms with E-state index in [1.807, 2.05) is 37.4 Å². The number of rotatable bonds is 1. The molecule has 66 valence electrons. The van der Waals surface area contributed by atoms with Gasteiger partial charge in [0, 0.05) is 0 Å². The van der Waals surface area contributed by atoms with Gasteiger partial charge in [0.25, 0.3) is 6.20 Å². The van der Waals surface area contributed by atoms with Gasteiger partial charge in [-0.05, 0) is 12.1 Å². The molecule has 1 aromatic heterocycles. The Labute approximate surface area is 75.9 Å². The lowest BCUT2D eigenvalue weighted by molar-refractivity contribution is -0.662. The molecule has 0 amide bonds. The molecule has 0 saturated heterocycles. The average Bonchev–Trinajstić information content (AvgIpc) is 2.47. The largest absolute Gasteiger partial charge is 0.476 e. The first-order valence-corrected chi connectivity index (χ1v) is 4.01. The average molecular weight is 176 g/mol. The van der Waals surface area contributed by atoms with E-state index in [4.69, 9.17) is 9.52 Å². The summed E-state index contributed by atoms with van der Waals surface area (Å²) in [5.74, 6) is 0.583. The number of hydrogen-bond acceptors (Lipinski definition) is 2. The molecule has 2 rings (SSSR count). The van der Waals surface area contributed by atoms with E-state index in [-0.39, 0.29) is 5.95 Å². The molecule has 13 heavy (non-hydrogen) atoms. The van der Waals surface area contributed by atoms with Crippen molar-refractivity contribution in [3.05, 3.63) is 36.5 Å². The molecule has 0 atom stereocenters. The van der Waals surface area contributed by atoms with Crippen LogP contribution in [-0.2, 0) is 7.05 Å². The molecule has 1 aromatic carbocycles. The first-order valence-electron chi connectivity index (χ1n) is 4.01. The Morgan fingerprint density at radius 3 is 2.46 bits per heavy atom. The van der Waals surface area contributed by atoms with Crippen LogP contribution in [0, 0.1) is 0 Å². The van der Waals surface area contributed by atoms with Gasteiger partial charge in [0.1, 0.15) is 7.05 Å². The molecule has 1 heterocycles. The predicted octanol–water partition coefficient (Wildman–Crippen LogP) is 1.48. The highest BCUT2D eigenvalue weighted by Crippen LogP contribution is 2.19. The van der Waals surface area contributed by atoms with Gasteiger partial charge in [0.05, 0.1) is 5.56 Å². The minimum atomic E-state index is -0.0682. The van der Waals surface area contributed by atoms with E-state index in [0.29, 0.717) is 5.89 Å². The van der Waals surface area contributed by atoms with Crippen molar-refractivity contribution in [2.45, 2.75) is 0 Å². The summed E-state index contributed by atoms with van der Waals surface area (Å²) in [6, 6.07) is 9.65. The van der Waals surface area contributed by atoms with E-state index >= 15 is 0 Å². The van der Waals surface area contributed by atoms with Crippen molar-refractivity contribution >= 4 is 0 Å². The molecule has 0 aliphatic rings. The Balaban J connectivity index is 2.53. The number of aryl methyl sites for hydroxylation is 1. The molecule has 3 nitrogen and oxygen atoms in total. The third-order valence-corrected chi connectivity index (χ3v) is 1.85. The summed E-state index contributed by atoms with van der Waals surface area (Å²) in [7, 11) is 1.82. The molecule has 0 aliphatic heterocycles. The van der Waals surface area contributed by atoms with Crippen LogP contribution in [0.4, 0.5) is 0 Å². The molecule has 0 saturated carbocycles. The fourth-order valence-electron chi connectivity index (χ4n) is 1.26. The first kappa shape index (κ1) is 7.86. The third-order valence-electron chi connectivity index (χ3n) is 1.85. The standard InChI is InChI=1S/C10H9NO2/c1-11-7-9(12)13-10(11)8-5-3-2-4-6-8/h2-7H,1H3/p+1. The third kappa shape index (κ3) is 1.40. The van der Waals surface area contributed by atoms with Crippen LogP contribution in [0.3, 0.4) is 0 Å². The highest BCUT2D eigenvalue weighted by molar-refractivity contribution is 5.49. The second-order valence-electron chi connectivity index (χ2n) is 2.85. The Morgan fingerprint density at radius 2 is 1.92 bits per heavy atom. The van der Waals surface area contributed by atoms with Crippen molar-refractivity contribution in [2.75, 3.05) is 0 Å². The zero-order valence-electron chi connectivity index (χ0n) is 7.27. The normalized spacial score (nSPS) is 10.2. The molecule has 0 spiro atoms. The number of oxazole rings is 1. The monoisotopic (exact) mass is 176 g/mol. The highest BCUT2D eigenvalue weighted by Gasteiger charge is 2.16. The summed E-state index contributed by atoms with van der Waals surface area (Å²) >= 11 is 0. The van der Waals surface area contributed by atoms with Crippen molar-refractivity contribution in [1.82, 2.24) is 0 Å². The Hall–Kier alpha value is -1.77. The molecule has 0 fully saturated rings. The minimum absolute atomic E-state index is 0.0682. The summed E-state index contributed by atoms with van der Waals surface area (Å²) in [5, 5.41) is 9.11. The smallest absolute Gasteiger partial charge is 0.383 e. The van der Waals surface area contributed by atoms with E-state index < -0.39 is 0 Å². The maximum atomic E-state index is 9.11. The summed E-state index contributed by atoms with van der Waals surface area (Å²) in [5.41, 5.74) is 0.949. The first-order chi connectivity index (χ1) is 6.27. The lowest BCUT2D eigenvalue weighted by Crippen LogP contribution is -2.26. The van der Waals surface area contributed by atoms with Crippen LogP contribution in [-0.4, -0.2) is 5.11 Å². The van der Waals surface area contributed by atoms with Crippen molar-refractivity contribution in [3.8, 4) is 17.4 Å². The van der Waals surface area contributed by atoms with Crippen LogP contribution < -0.4 is 4.57 Å². The van der Waals surface area contributed by atoms with Gasteiger partial charge in [0.15, 0.2) is 0 Å². The Bertz CT molecular complexity index is 406. The SMILES string of the molecule is C[n+]1cc(O)oc1-c1ccccc1. The van der Waals surface area contributed by atoms with E-state index in [1.165, 1.54) is 6.20 Å². The maximum absolute atomic E-state index is 9.11. The molecule has 0 unspecified atom stereocenters. The van der Waals surface area contributed by atoms with Crippen LogP contribution in [0.1, 0.15) is 0 Å². The Kier molecular flexibility index (Phi) is 1.77. The van der Waals surface area contributed by atoms with Crippen molar-refractivity contribution in [3.63, 3.8) is 0 Å². The zero-order valence-corrected chi connectivity index (χ0v) is 7.27. The van der Waals surface area contributed by atoms with Crippen LogP contribution >= 0.6 is 0 Å². The molecular weight excluding hydrogens is 166 g/mol. The van der Waals surface area contributed by atoms with Gasteiger partial charge in [-0.25, -0.2) is 0 Å². The van der Waals surface area contributed by atoms with E-state index in [9.17, 15) is 0 Å². The lowest BCUT2D eigenvalue weighted by atomic mass is 10.2. The van der Waals surface area contributed by atoms with Gasteiger partial charge in [-0.15, -0.1) is 0 Å². The number of aromatic hydroxyl groups is 1. The zero-order chi connectivity index (χ0) is 9.26. The van der Waals surface area contributed by atoms with Gasteiger partial charge < -0.3 is 9.52 Å². The van der Waals surface area contributed by atoms with Crippen LogP contribution in [0.15, 0.2) is 40.9 Å². The summed E-state index contributed by atoms with van der Waals surface area (Å²) in [6.07, 6.45) is 1.53. The van der Waals surface area contributed by atoms with Gasteiger partial charge in [-0.3, -0.25) is 0 Å². The summed E-state index contributed by atoms with van der Waals surface area (Å²) < 4.78 is 6.86.